The van der Waals surface area contributed by atoms with Crippen LogP contribution >= 0.6 is 23.1 Å². The maximum atomic E-state index is 11.7. The van der Waals surface area contributed by atoms with Crippen molar-refractivity contribution in [3.05, 3.63) is 22.6 Å². The van der Waals surface area contributed by atoms with E-state index >= 15 is 0 Å². The Morgan fingerprint density at radius 1 is 1.22 bits per heavy atom. The third-order valence-corrected chi connectivity index (χ3v) is 4.32. The van der Waals surface area contributed by atoms with Gasteiger partial charge in [0.2, 0.25) is 0 Å². The fraction of sp³-hybridized carbons (Fsp3) is 0.333. The second-order valence-corrected chi connectivity index (χ2v) is 6.32. The Balaban J connectivity index is 2.27. The van der Waals surface area contributed by atoms with Crippen molar-refractivity contribution in [2.45, 2.75) is 23.8 Å². The molecule has 0 amide bonds. The molecule has 0 unspecified atom stereocenters. The van der Waals surface area contributed by atoms with Crippen LogP contribution in [-0.2, 0) is 19.1 Å². The highest BCUT2D eigenvalue weighted by Crippen LogP contribution is 2.29. The van der Waals surface area contributed by atoms with Gasteiger partial charge in [0, 0.05) is 18.7 Å². The summed E-state index contributed by atoms with van der Waals surface area (Å²) in [6.45, 7) is 3.05. The number of esters is 2. The van der Waals surface area contributed by atoms with Gasteiger partial charge >= 0.3 is 11.9 Å². The highest BCUT2D eigenvalue weighted by Gasteiger charge is 2.38. The Hall–Kier alpha value is -1.27. The van der Waals surface area contributed by atoms with Crippen molar-refractivity contribution >= 4 is 41.1 Å². The smallest absolute Gasteiger partial charge is 0.348 e. The van der Waals surface area contributed by atoms with Crippen molar-refractivity contribution in [3.63, 3.8) is 0 Å². The predicted octanol–water partition coefficient (Wildman–Crippen LogP) is 2.69. The lowest BCUT2D eigenvalue weighted by molar-refractivity contribution is -0.222. The van der Waals surface area contributed by atoms with Crippen LogP contribution in [0.1, 0.15) is 18.7 Å². The van der Waals surface area contributed by atoms with E-state index in [4.69, 9.17) is 9.47 Å². The maximum Gasteiger partial charge on any atom is 0.348 e. The molecule has 0 N–H and O–H groups in total. The van der Waals surface area contributed by atoms with Crippen LogP contribution in [0.25, 0.3) is 6.08 Å². The second-order valence-electron chi connectivity index (χ2n) is 4.10. The molecule has 0 saturated carbocycles. The number of thioether (sulfide) groups is 1. The lowest BCUT2D eigenvalue weighted by atomic mass is 10.2. The summed E-state index contributed by atoms with van der Waals surface area (Å²) in [5.41, 5.74) is -0.0659. The highest BCUT2D eigenvalue weighted by molar-refractivity contribution is 8.00. The summed E-state index contributed by atoms with van der Waals surface area (Å²) in [5.74, 6) is -2.48. The number of ether oxygens (including phenoxy) is 2. The molecular formula is C12H12O4S2. The molecule has 96 valence electrons. The first kappa shape index (κ1) is 13.2. The lowest BCUT2D eigenvalue weighted by Crippen LogP contribution is -2.41. The molecule has 0 aliphatic carbocycles. The SMILES string of the molecule is CSc1ccc(C=C2C(=O)OC(C)(C)OC2=O)s1. The van der Waals surface area contributed by atoms with E-state index in [1.54, 1.807) is 11.8 Å². The monoisotopic (exact) mass is 284 g/mol. The van der Waals surface area contributed by atoms with Gasteiger partial charge in [-0.3, -0.25) is 0 Å². The van der Waals surface area contributed by atoms with Gasteiger partial charge in [0.15, 0.2) is 0 Å². The van der Waals surface area contributed by atoms with Crippen molar-refractivity contribution < 1.29 is 19.1 Å². The molecule has 0 atom stereocenters. The number of cyclic esters (lactones) is 2. The third kappa shape index (κ3) is 2.76. The fourth-order valence-electron chi connectivity index (χ4n) is 1.44. The second kappa shape index (κ2) is 4.78. The highest BCUT2D eigenvalue weighted by atomic mass is 32.2. The number of hydrogen-bond donors (Lipinski definition) is 0. The van der Waals surface area contributed by atoms with Crippen LogP contribution in [0.5, 0.6) is 0 Å². The molecule has 1 aliphatic heterocycles. The van der Waals surface area contributed by atoms with Gasteiger partial charge in [-0.2, -0.15) is 0 Å². The molecule has 0 spiro atoms. The van der Waals surface area contributed by atoms with E-state index in [0.717, 1.165) is 9.09 Å². The summed E-state index contributed by atoms with van der Waals surface area (Å²) in [4.78, 5) is 24.2. The summed E-state index contributed by atoms with van der Waals surface area (Å²) >= 11 is 3.11. The van der Waals surface area contributed by atoms with Crippen LogP contribution in [0.15, 0.2) is 21.9 Å². The summed E-state index contributed by atoms with van der Waals surface area (Å²) in [7, 11) is 0. The van der Waals surface area contributed by atoms with Gasteiger partial charge in [0.25, 0.3) is 5.79 Å². The van der Waals surface area contributed by atoms with Gasteiger partial charge in [0.1, 0.15) is 5.57 Å². The normalized spacial score (nSPS) is 18.3. The van der Waals surface area contributed by atoms with Crippen LogP contribution < -0.4 is 0 Å². The average Bonchev–Trinajstić information content (AvgIpc) is 2.70. The van der Waals surface area contributed by atoms with Crippen LogP contribution in [-0.4, -0.2) is 24.0 Å². The molecule has 1 aromatic heterocycles. The van der Waals surface area contributed by atoms with Crippen LogP contribution in [0, 0.1) is 0 Å². The molecule has 1 fully saturated rings. The standard InChI is InChI=1S/C12H12O4S2/c1-12(2)15-10(13)8(11(14)16-12)6-7-4-5-9(17-3)18-7/h4-6H,1-3H3. The fourth-order valence-corrected chi connectivity index (χ4v) is 2.95. The molecule has 4 nitrogen and oxygen atoms in total. The minimum atomic E-state index is -1.19. The Morgan fingerprint density at radius 3 is 2.33 bits per heavy atom. The van der Waals surface area contributed by atoms with E-state index in [0.29, 0.717) is 0 Å². The van der Waals surface area contributed by atoms with Gasteiger partial charge in [-0.1, -0.05) is 0 Å². The zero-order valence-electron chi connectivity index (χ0n) is 10.2. The first-order valence-electron chi connectivity index (χ1n) is 5.23. The molecule has 0 radical (unpaired) electrons. The van der Waals surface area contributed by atoms with E-state index in [1.807, 2.05) is 18.4 Å². The minimum absolute atomic E-state index is 0.0659. The molecule has 6 heteroatoms. The van der Waals surface area contributed by atoms with Gasteiger partial charge in [-0.25, -0.2) is 9.59 Å². The molecule has 1 aliphatic rings. The zero-order valence-corrected chi connectivity index (χ0v) is 11.8. The average molecular weight is 284 g/mol. The maximum absolute atomic E-state index is 11.7. The topological polar surface area (TPSA) is 52.6 Å². The van der Waals surface area contributed by atoms with E-state index < -0.39 is 17.7 Å². The first-order chi connectivity index (χ1) is 8.41. The van der Waals surface area contributed by atoms with Gasteiger partial charge in [0.05, 0.1) is 4.21 Å². The van der Waals surface area contributed by atoms with Crippen molar-refractivity contribution in [1.82, 2.24) is 0 Å². The Bertz CT molecular complexity index is 506. The Morgan fingerprint density at radius 2 is 1.83 bits per heavy atom. The summed E-state index contributed by atoms with van der Waals surface area (Å²) in [6.07, 6.45) is 3.47. The zero-order chi connectivity index (χ0) is 13.3. The lowest BCUT2D eigenvalue weighted by Gasteiger charge is -2.29. The van der Waals surface area contributed by atoms with E-state index in [9.17, 15) is 9.59 Å². The molecule has 1 saturated heterocycles. The molecule has 0 bridgehead atoms. The van der Waals surface area contributed by atoms with Crippen molar-refractivity contribution in [3.8, 4) is 0 Å². The molecule has 0 aromatic carbocycles. The molecule has 18 heavy (non-hydrogen) atoms. The summed E-state index contributed by atoms with van der Waals surface area (Å²) in [5, 5.41) is 0. The van der Waals surface area contributed by atoms with Crippen molar-refractivity contribution in [2.24, 2.45) is 0 Å². The molecule has 2 heterocycles. The summed E-state index contributed by atoms with van der Waals surface area (Å²) < 4.78 is 11.1. The molecule has 2 rings (SSSR count). The Labute approximate surface area is 113 Å². The number of carbonyl (C=O) groups is 2. The van der Waals surface area contributed by atoms with Crippen LogP contribution in [0.2, 0.25) is 0 Å². The number of hydrogen-bond acceptors (Lipinski definition) is 6. The Kier molecular flexibility index (Phi) is 3.49. The third-order valence-electron chi connectivity index (χ3n) is 2.21. The van der Waals surface area contributed by atoms with Crippen LogP contribution in [0.3, 0.4) is 0 Å². The summed E-state index contributed by atoms with van der Waals surface area (Å²) in [6, 6.07) is 3.79. The van der Waals surface area contributed by atoms with E-state index in [-0.39, 0.29) is 5.57 Å². The minimum Gasteiger partial charge on any atom is -0.419 e. The number of rotatable bonds is 2. The van der Waals surface area contributed by atoms with E-state index in [1.165, 1.54) is 31.3 Å². The van der Waals surface area contributed by atoms with Crippen LogP contribution in [0.4, 0.5) is 0 Å². The number of carbonyl (C=O) groups excluding carboxylic acids is 2. The van der Waals surface area contributed by atoms with E-state index in [2.05, 4.69) is 0 Å². The first-order valence-corrected chi connectivity index (χ1v) is 7.27. The van der Waals surface area contributed by atoms with Gasteiger partial charge in [-0.15, -0.1) is 23.1 Å². The molecular weight excluding hydrogens is 272 g/mol. The van der Waals surface area contributed by atoms with Gasteiger partial charge in [-0.05, 0) is 24.5 Å². The number of thiophene rings is 1. The quantitative estimate of drug-likeness (QED) is 0.362. The van der Waals surface area contributed by atoms with Crippen molar-refractivity contribution in [2.75, 3.05) is 6.26 Å². The predicted molar refractivity (Wildman–Crippen MR) is 70.3 cm³/mol. The van der Waals surface area contributed by atoms with Crippen molar-refractivity contribution in [1.29, 1.82) is 0 Å². The van der Waals surface area contributed by atoms with Gasteiger partial charge < -0.3 is 9.47 Å². The molecule has 1 aromatic rings. The largest absolute Gasteiger partial charge is 0.419 e.